The van der Waals surface area contributed by atoms with Crippen LogP contribution in [0, 0.1) is 0 Å². The van der Waals surface area contributed by atoms with Gasteiger partial charge in [-0.05, 0) is 50.6 Å². The molecule has 1 N–H and O–H groups in total. The first-order valence-electron chi connectivity index (χ1n) is 8.55. The largest absolute Gasteiger partial charge is 0.490 e. The molecule has 7 heteroatoms. The Morgan fingerprint density at radius 2 is 1.73 bits per heavy atom. The fourth-order valence-electron chi connectivity index (χ4n) is 2.83. The van der Waals surface area contributed by atoms with Gasteiger partial charge in [0.25, 0.3) is 10.0 Å². The monoisotopic (exact) mass is 374 g/mol. The zero-order chi connectivity index (χ0) is 18.7. The molecule has 1 unspecified atom stereocenters. The van der Waals surface area contributed by atoms with Crippen LogP contribution in [0.4, 0.5) is 0 Å². The van der Waals surface area contributed by atoms with Gasteiger partial charge in [0.1, 0.15) is 5.84 Å². The first-order valence-corrected chi connectivity index (χ1v) is 10.0. The van der Waals surface area contributed by atoms with E-state index in [2.05, 4.69) is 9.71 Å². The van der Waals surface area contributed by atoms with Gasteiger partial charge in [-0.25, -0.2) is 8.42 Å². The summed E-state index contributed by atoms with van der Waals surface area (Å²) >= 11 is 0. The molecule has 2 aromatic carbocycles. The fourth-order valence-corrected chi connectivity index (χ4v) is 4.06. The number of hydrogen-bond donors (Lipinski definition) is 1. The molecule has 1 aliphatic heterocycles. The van der Waals surface area contributed by atoms with Crippen LogP contribution in [-0.2, 0) is 10.0 Å². The average molecular weight is 374 g/mol. The average Bonchev–Trinajstić information content (AvgIpc) is 2.87. The molecule has 0 saturated carbocycles. The van der Waals surface area contributed by atoms with Gasteiger partial charge < -0.3 is 9.47 Å². The van der Waals surface area contributed by atoms with Crippen LogP contribution < -0.4 is 14.2 Å². The van der Waals surface area contributed by atoms with Crippen LogP contribution in [0.1, 0.15) is 37.9 Å². The van der Waals surface area contributed by atoms with Crippen molar-refractivity contribution >= 4 is 15.9 Å². The number of nitrogens with zero attached hydrogens (tertiary/aromatic N) is 1. The summed E-state index contributed by atoms with van der Waals surface area (Å²) in [5, 5.41) is 0. The van der Waals surface area contributed by atoms with Crippen LogP contribution in [0.2, 0.25) is 0 Å². The molecule has 2 aromatic rings. The predicted octanol–water partition coefficient (Wildman–Crippen LogP) is 3.28. The maximum Gasteiger partial charge on any atom is 0.263 e. The molecular formula is C19H22N2O4S. The van der Waals surface area contributed by atoms with Gasteiger partial charge in [0, 0.05) is 5.56 Å². The number of amidine groups is 1. The number of hydrogen-bond acceptors (Lipinski definition) is 5. The summed E-state index contributed by atoms with van der Waals surface area (Å²) in [5.74, 6) is 1.70. The van der Waals surface area contributed by atoms with Crippen LogP contribution in [0.25, 0.3) is 0 Å². The van der Waals surface area contributed by atoms with E-state index in [1.165, 1.54) is 0 Å². The highest BCUT2D eigenvalue weighted by Crippen LogP contribution is 2.32. The van der Waals surface area contributed by atoms with Crippen LogP contribution in [0.3, 0.4) is 0 Å². The highest BCUT2D eigenvalue weighted by Gasteiger charge is 2.30. The Balaban J connectivity index is 1.94. The van der Waals surface area contributed by atoms with Gasteiger partial charge in [-0.2, -0.15) is 0 Å². The van der Waals surface area contributed by atoms with Gasteiger partial charge in [0.15, 0.2) is 11.5 Å². The lowest BCUT2D eigenvalue weighted by atomic mass is 10.1. The highest BCUT2D eigenvalue weighted by molar-refractivity contribution is 7.90. The number of sulfonamides is 1. The number of nitrogens with one attached hydrogen (secondary N) is 1. The van der Waals surface area contributed by atoms with E-state index in [1.54, 1.807) is 24.3 Å². The third kappa shape index (κ3) is 3.53. The fraction of sp³-hybridized carbons (Fsp3) is 0.316. The third-order valence-electron chi connectivity index (χ3n) is 4.04. The molecular weight excluding hydrogens is 352 g/mol. The smallest absolute Gasteiger partial charge is 0.263 e. The topological polar surface area (TPSA) is 77.0 Å². The van der Waals surface area contributed by atoms with Crippen molar-refractivity contribution in [2.24, 2.45) is 4.99 Å². The molecule has 6 nitrogen and oxygen atoms in total. The second kappa shape index (κ2) is 7.37. The number of aliphatic imine (C=N–C) groups is 1. The molecule has 1 aliphatic rings. The predicted molar refractivity (Wildman–Crippen MR) is 100 cm³/mol. The molecule has 0 aliphatic carbocycles. The Labute approximate surface area is 153 Å². The van der Waals surface area contributed by atoms with E-state index in [0.717, 1.165) is 5.56 Å². The normalized spacial score (nSPS) is 17.4. The van der Waals surface area contributed by atoms with Crippen molar-refractivity contribution in [2.75, 3.05) is 13.2 Å². The minimum absolute atomic E-state index is 0.256. The zero-order valence-electron chi connectivity index (χ0n) is 15.0. The lowest BCUT2D eigenvalue weighted by Gasteiger charge is -2.14. The van der Waals surface area contributed by atoms with E-state index in [0.29, 0.717) is 36.1 Å². The Hall–Kier alpha value is -2.54. The van der Waals surface area contributed by atoms with Crippen molar-refractivity contribution < 1.29 is 17.9 Å². The summed E-state index contributed by atoms with van der Waals surface area (Å²) in [5.41, 5.74) is 1.50. The summed E-state index contributed by atoms with van der Waals surface area (Å²) in [6.45, 7) is 6.82. The Bertz CT molecular complexity index is 938. The standard InChI is InChI=1S/C19H22N2O4S/c1-4-24-16-11-10-14(12-17(16)25-5-2)13(3)20-19-15-8-6-7-9-18(15)26(22,23)21-19/h6-13H,4-5H2,1-3H3,(H,20,21). The maximum atomic E-state index is 12.2. The van der Waals surface area contributed by atoms with Crippen molar-refractivity contribution in [1.82, 2.24) is 4.72 Å². The Morgan fingerprint density at radius 1 is 1.04 bits per heavy atom. The number of benzene rings is 2. The van der Waals surface area contributed by atoms with Gasteiger partial charge in [0.2, 0.25) is 0 Å². The van der Waals surface area contributed by atoms with E-state index in [-0.39, 0.29) is 10.9 Å². The second-order valence-electron chi connectivity index (χ2n) is 5.83. The molecule has 0 radical (unpaired) electrons. The molecule has 0 fully saturated rings. The van der Waals surface area contributed by atoms with Gasteiger partial charge >= 0.3 is 0 Å². The second-order valence-corrected chi connectivity index (χ2v) is 7.48. The van der Waals surface area contributed by atoms with Crippen molar-refractivity contribution in [3.63, 3.8) is 0 Å². The van der Waals surface area contributed by atoms with Crippen molar-refractivity contribution in [3.05, 3.63) is 53.6 Å². The number of fused-ring (bicyclic) bond motifs is 1. The van der Waals surface area contributed by atoms with Gasteiger partial charge in [-0.1, -0.05) is 18.2 Å². The number of ether oxygens (including phenoxy) is 2. The summed E-state index contributed by atoms with van der Waals surface area (Å²) in [6, 6.07) is 12.2. The molecule has 1 atom stereocenters. The summed E-state index contributed by atoms with van der Waals surface area (Å²) < 4.78 is 38.2. The van der Waals surface area contributed by atoms with E-state index < -0.39 is 10.0 Å². The molecule has 0 aromatic heterocycles. The lowest BCUT2D eigenvalue weighted by molar-refractivity contribution is 0.287. The number of rotatable bonds is 6. The van der Waals surface area contributed by atoms with Crippen molar-refractivity contribution in [1.29, 1.82) is 0 Å². The molecule has 0 saturated heterocycles. The molecule has 0 amide bonds. The Morgan fingerprint density at radius 3 is 2.46 bits per heavy atom. The van der Waals surface area contributed by atoms with E-state index in [9.17, 15) is 8.42 Å². The SMILES string of the molecule is CCOc1ccc(C(C)N=C2NS(=O)(=O)c3ccccc32)cc1OCC. The summed E-state index contributed by atoms with van der Waals surface area (Å²) in [4.78, 5) is 4.85. The van der Waals surface area contributed by atoms with Crippen LogP contribution in [0.15, 0.2) is 52.4 Å². The zero-order valence-corrected chi connectivity index (χ0v) is 15.8. The minimum atomic E-state index is -3.54. The maximum absolute atomic E-state index is 12.2. The van der Waals surface area contributed by atoms with Crippen molar-refractivity contribution in [3.8, 4) is 11.5 Å². The first-order chi connectivity index (χ1) is 12.5. The molecule has 0 bridgehead atoms. The summed E-state index contributed by atoms with van der Waals surface area (Å²) in [6.07, 6.45) is 0. The minimum Gasteiger partial charge on any atom is -0.490 e. The first kappa shape index (κ1) is 18.3. The van der Waals surface area contributed by atoms with Crippen LogP contribution in [0.5, 0.6) is 11.5 Å². The molecule has 138 valence electrons. The van der Waals surface area contributed by atoms with E-state index in [1.807, 2.05) is 39.0 Å². The highest BCUT2D eigenvalue weighted by atomic mass is 32.2. The van der Waals surface area contributed by atoms with Gasteiger partial charge in [-0.3, -0.25) is 9.71 Å². The molecule has 3 rings (SSSR count). The summed E-state index contributed by atoms with van der Waals surface area (Å²) in [7, 11) is -3.54. The van der Waals surface area contributed by atoms with E-state index >= 15 is 0 Å². The van der Waals surface area contributed by atoms with Crippen LogP contribution >= 0.6 is 0 Å². The van der Waals surface area contributed by atoms with E-state index in [4.69, 9.17) is 9.47 Å². The molecule has 26 heavy (non-hydrogen) atoms. The molecule has 1 heterocycles. The van der Waals surface area contributed by atoms with Gasteiger partial charge in [-0.15, -0.1) is 0 Å². The van der Waals surface area contributed by atoms with Gasteiger partial charge in [0.05, 0.1) is 24.2 Å². The lowest BCUT2D eigenvalue weighted by Crippen LogP contribution is -2.22. The molecule has 0 spiro atoms. The van der Waals surface area contributed by atoms with Crippen LogP contribution in [-0.4, -0.2) is 27.5 Å². The quantitative estimate of drug-likeness (QED) is 0.842. The van der Waals surface area contributed by atoms with Crippen molar-refractivity contribution in [2.45, 2.75) is 31.7 Å². The Kier molecular flexibility index (Phi) is 5.18. The third-order valence-corrected chi connectivity index (χ3v) is 5.43.